The number of anilines is 1. The predicted molar refractivity (Wildman–Crippen MR) is 102 cm³/mol. The molecule has 26 heavy (non-hydrogen) atoms. The van der Waals surface area contributed by atoms with E-state index in [1.807, 2.05) is 34.0 Å². The normalized spacial score (nSPS) is 19.0. The molecule has 2 aromatic rings. The molecule has 1 aromatic heterocycles. The van der Waals surface area contributed by atoms with Gasteiger partial charge in [-0.25, -0.2) is 4.68 Å². The first-order valence-electron chi connectivity index (χ1n) is 9.42. The SMILES string of the molecule is O=C(c1cn(C2CCCCC2)nn1)N1CCN(c2cccc(Cl)c2)CC1. The van der Waals surface area contributed by atoms with Gasteiger partial charge in [-0.3, -0.25) is 4.79 Å². The van der Waals surface area contributed by atoms with E-state index in [-0.39, 0.29) is 5.91 Å². The highest BCUT2D eigenvalue weighted by molar-refractivity contribution is 6.30. The smallest absolute Gasteiger partial charge is 0.276 e. The number of carbonyl (C=O) groups is 1. The Bertz CT molecular complexity index is 763. The lowest BCUT2D eigenvalue weighted by Gasteiger charge is -2.35. The molecule has 1 aliphatic carbocycles. The summed E-state index contributed by atoms with van der Waals surface area (Å²) in [7, 11) is 0. The van der Waals surface area contributed by atoms with E-state index < -0.39 is 0 Å². The number of nitrogens with zero attached hydrogens (tertiary/aromatic N) is 5. The van der Waals surface area contributed by atoms with E-state index in [2.05, 4.69) is 21.3 Å². The second-order valence-corrected chi connectivity index (χ2v) is 7.57. The number of amides is 1. The summed E-state index contributed by atoms with van der Waals surface area (Å²) in [6.07, 6.45) is 7.87. The van der Waals surface area contributed by atoms with E-state index in [0.29, 0.717) is 24.8 Å². The number of hydrogen-bond donors (Lipinski definition) is 0. The van der Waals surface area contributed by atoms with Gasteiger partial charge in [-0.05, 0) is 31.0 Å². The molecule has 4 rings (SSSR count). The van der Waals surface area contributed by atoms with E-state index in [9.17, 15) is 4.79 Å². The molecular weight excluding hydrogens is 350 g/mol. The van der Waals surface area contributed by atoms with E-state index in [1.54, 1.807) is 0 Å². The van der Waals surface area contributed by atoms with Crippen LogP contribution in [0, 0.1) is 0 Å². The van der Waals surface area contributed by atoms with Crippen molar-refractivity contribution in [3.05, 3.63) is 41.2 Å². The van der Waals surface area contributed by atoms with Crippen molar-refractivity contribution in [2.75, 3.05) is 31.1 Å². The van der Waals surface area contributed by atoms with Gasteiger partial charge in [-0.1, -0.05) is 42.1 Å². The third-order valence-electron chi connectivity index (χ3n) is 5.42. The fourth-order valence-corrected chi connectivity index (χ4v) is 4.09. The standard InChI is InChI=1S/C19H24ClN5O/c20-15-5-4-8-17(13-15)23-9-11-24(12-10-23)19(26)18-14-25(22-21-18)16-6-2-1-3-7-16/h4-5,8,13-14,16H,1-3,6-7,9-12H2. The molecule has 0 N–H and O–H groups in total. The molecule has 2 aliphatic rings. The van der Waals surface area contributed by atoms with E-state index in [0.717, 1.165) is 36.6 Å². The molecule has 138 valence electrons. The first kappa shape index (κ1) is 17.3. The summed E-state index contributed by atoms with van der Waals surface area (Å²) in [6.45, 7) is 2.95. The van der Waals surface area contributed by atoms with E-state index in [4.69, 9.17) is 11.6 Å². The van der Waals surface area contributed by atoms with Crippen molar-refractivity contribution in [2.24, 2.45) is 0 Å². The fourth-order valence-electron chi connectivity index (χ4n) is 3.90. The van der Waals surface area contributed by atoms with Gasteiger partial charge in [-0.2, -0.15) is 0 Å². The number of piperazine rings is 1. The number of carbonyl (C=O) groups excluding carboxylic acids is 1. The summed E-state index contributed by atoms with van der Waals surface area (Å²) >= 11 is 6.08. The molecule has 2 heterocycles. The minimum absolute atomic E-state index is 0.0159. The highest BCUT2D eigenvalue weighted by Gasteiger charge is 2.25. The van der Waals surface area contributed by atoms with Crippen LogP contribution < -0.4 is 4.90 Å². The van der Waals surface area contributed by atoms with Crippen LogP contribution in [0.25, 0.3) is 0 Å². The van der Waals surface area contributed by atoms with Gasteiger partial charge in [-0.15, -0.1) is 5.10 Å². The molecule has 1 saturated carbocycles. The largest absolute Gasteiger partial charge is 0.368 e. The van der Waals surface area contributed by atoms with Crippen molar-refractivity contribution < 1.29 is 4.79 Å². The molecule has 0 atom stereocenters. The molecule has 0 unspecified atom stereocenters. The lowest BCUT2D eigenvalue weighted by atomic mass is 9.96. The lowest BCUT2D eigenvalue weighted by molar-refractivity contribution is 0.0740. The summed E-state index contributed by atoms with van der Waals surface area (Å²) in [5.41, 5.74) is 1.57. The van der Waals surface area contributed by atoms with Crippen LogP contribution in [-0.2, 0) is 0 Å². The van der Waals surface area contributed by atoms with Gasteiger partial charge in [0.15, 0.2) is 5.69 Å². The summed E-state index contributed by atoms with van der Waals surface area (Å²) in [5, 5.41) is 9.10. The van der Waals surface area contributed by atoms with E-state index in [1.165, 1.54) is 19.3 Å². The number of aromatic nitrogens is 3. The summed E-state index contributed by atoms with van der Waals surface area (Å²) in [5.74, 6) is -0.0159. The van der Waals surface area contributed by atoms with Gasteiger partial charge in [0.05, 0.1) is 12.2 Å². The van der Waals surface area contributed by atoms with Crippen LogP contribution >= 0.6 is 11.6 Å². The van der Waals surface area contributed by atoms with Gasteiger partial charge < -0.3 is 9.80 Å². The molecular formula is C19H24ClN5O. The molecule has 0 radical (unpaired) electrons. The predicted octanol–water partition coefficient (Wildman–Crippen LogP) is 3.40. The molecule has 1 amide bonds. The monoisotopic (exact) mass is 373 g/mol. The fraction of sp³-hybridized carbons (Fsp3) is 0.526. The van der Waals surface area contributed by atoms with Crippen LogP contribution in [0.4, 0.5) is 5.69 Å². The number of halogens is 1. The van der Waals surface area contributed by atoms with Crippen molar-refractivity contribution in [1.82, 2.24) is 19.9 Å². The zero-order valence-corrected chi connectivity index (χ0v) is 15.6. The topological polar surface area (TPSA) is 54.3 Å². The lowest BCUT2D eigenvalue weighted by Crippen LogP contribution is -2.48. The molecule has 0 spiro atoms. The van der Waals surface area contributed by atoms with Crippen molar-refractivity contribution in [3.63, 3.8) is 0 Å². The van der Waals surface area contributed by atoms with Crippen LogP contribution in [0.15, 0.2) is 30.5 Å². The average molecular weight is 374 g/mol. The van der Waals surface area contributed by atoms with Crippen molar-refractivity contribution in [2.45, 2.75) is 38.1 Å². The van der Waals surface area contributed by atoms with Crippen LogP contribution in [0.3, 0.4) is 0 Å². The zero-order valence-electron chi connectivity index (χ0n) is 14.9. The van der Waals surface area contributed by atoms with E-state index >= 15 is 0 Å². The van der Waals surface area contributed by atoms with Crippen LogP contribution in [-0.4, -0.2) is 52.0 Å². The molecule has 1 saturated heterocycles. The Hall–Kier alpha value is -2.08. The third-order valence-corrected chi connectivity index (χ3v) is 5.65. The molecule has 2 fully saturated rings. The Morgan fingerprint density at radius 3 is 2.58 bits per heavy atom. The Kier molecular flexibility index (Phi) is 5.11. The zero-order chi connectivity index (χ0) is 17.9. The first-order valence-corrected chi connectivity index (χ1v) is 9.80. The van der Waals surface area contributed by atoms with Gasteiger partial charge in [0.2, 0.25) is 0 Å². The Morgan fingerprint density at radius 1 is 1.08 bits per heavy atom. The molecule has 1 aliphatic heterocycles. The molecule has 1 aromatic carbocycles. The summed E-state index contributed by atoms with van der Waals surface area (Å²) in [6, 6.07) is 8.25. The molecule has 7 heteroatoms. The number of benzene rings is 1. The summed E-state index contributed by atoms with van der Waals surface area (Å²) in [4.78, 5) is 16.9. The maximum atomic E-state index is 12.8. The second-order valence-electron chi connectivity index (χ2n) is 7.13. The number of rotatable bonds is 3. The van der Waals surface area contributed by atoms with Gasteiger partial charge in [0, 0.05) is 36.9 Å². The van der Waals surface area contributed by atoms with Gasteiger partial charge in [0.25, 0.3) is 5.91 Å². The van der Waals surface area contributed by atoms with Gasteiger partial charge >= 0.3 is 0 Å². The highest BCUT2D eigenvalue weighted by atomic mass is 35.5. The average Bonchev–Trinajstić information content (AvgIpc) is 3.18. The molecule has 0 bridgehead atoms. The third kappa shape index (κ3) is 3.70. The Labute approximate surface area is 158 Å². The minimum atomic E-state index is -0.0159. The minimum Gasteiger partial charge on any atom is -0.368 e. The van der Waals surface area contributed by atoms with Crippen molar-refractivity contribution >= 4 is 23.2 Å². The Morgan fingerprint density at radius 2 is 1.85 bits per heavy atom. The number of hydrogen-bond acceptors (Lipinski definition) is 4. The maximum Gasteiger partial charge on any atom is 0.276 e. The second kappa shape index (κ2) is 7.66. The van der Waals surface area contributed by atoms with Gasteiger partial charge in [0.1, 0.15) is 0 Å². The van der Waals surface area contributed by atoms with Crippen molar-refractivity contribution in [1.29, 1.82) is 0 Å². The summed E-state index contributed by atoms with van der Waals surface area (Å²) < 4.78 is 1.90. The van der Waals surface area contributed by atoms with Crippen LogP contribution in [0.5, 0.6) is 0 Å². The quantitative estimate of drug-likeness (QED) is 0.827. The molecule has 6 nitrogen and oxygen atoms in total. The Balaban J connectivity index is 1.37. The first-order chi connectivity index (χ1) is 12.7. The maximum absolute atomic E-state index is 12.8. The van der Waals surface area contributed by atoms with Crippen molar-refractivity contribution in [3.8, 4) is 0 Å². The highest BCUT2D eigenvalue weighted by Crippen LogP contribution is 2.27. The van der Waals surface area contributed by atoms with Crippen LogP contribution in [0.2, 0.25) is 5.02 Å². The van der Waals surface area contributed by atoms with Crippen LogP contribution in [0.1, 0.15) is 48.6 Å².